The van der Waals surface area contributed by atoms with E-state index in [1.165, 1.54) is 37.7 Å². The van der Waals surface area contributed by atoms with Gasteiger partial charge in [0.05, 0.1) is 0 Å². The van der Waals surface area contributed by atoms with Crippen LogP contribution in [0.5, 0.6) is 0 Å². The minimum absolute atomic E-state index is 0.228. The van der Waals surface area contributed by atoms with Gasteiger partial charge in [-0.15, -0.1) is 0 Å². The summed E-state index contributed by atoms with van der Waals surface area (Å²) in [5.41, 5.74) is 1.76. The Labute approximate surface area is 102 Å². The highest BCUT2D eigenvalue weighted by molar-refractivity contribution is 5.39. The highest BCUT2D eigenvalue weighted by atomic mass is 14.5. The van der Waals surface area contributed by atoms with Crippen molar-refractivity contribution in [1.29, 1.82) is 10.5 Å². The Morgan fingerprint density at radius 1 is 0.941 bits per heavy atom. The second-order valence-corrected chi connectivity index (χ2v) is 5.78. The van der Waals surface area contributed by atoms with Crippen LogP contribution in [0.25, 0.3) is 0 Å². The van der Waals surface area contributed by atoms with Crippen molar-refractivity contribution in [3.8, 4) is 12.1 Å². The lowest BCUT2D eigenvalue weighted by Crippen LogP contribution is -2.40. The van der Waals surface area contributed by atoms with Gasteiger partial charge in [-0.1, -0.05) is 11.6 Å². The fourth-order valence-electron chi connectivity index (χ4n) is 4.28. The average molecular weight is 224 g/mol. The van der Waals surface area contributed by atoms with Crippen LogP contribution < -0.4 is 0 Å². The Bertz CT molecular complexity index is 424. The first-order valence-corrected chi connectivity index (χ1v) is 6.52. The first kappa shape index (κ1) is 10.6. The molecule has 0 saturated heterocycles. The topological polar surface area (TPSA) is 47.6 Å². The molecule has 0 aromatic heterocycles. The number of hydrogen-bond acceptors (Lipinski definition) is 2. The first-order chi connectivity index (χ1) is 8.30. The summed E-state index contributed by atoms with van der Waals surface area (Å²) < 4.78 is 0. The zero-order valence-corrected chi connectivity index (χ0v) is 9.89. The molecule has 4 fully saturated rings. The van der Waals surface area contributed by atoms with E-state index in [2.05, 4.69) is 6.08 Å². The molecule has 0 aliphatic heterocycles. The van der Waals surface area contributed by atoms with E-state index in [1.807, 2.05) is 12.1 Å². The first-order valence-electron chi connectivity index (χ1n) is 6.52. The summed E-state index contributed by atoms with van der Waals surface area (Å²) in [6, 6.07) is 3.86. The van der Waals surface area contributed by atoms with Crippen LogP contribution in [0.4, 0.5) is 0 Å². The highest BCUT2D eigenvalue weighted by Crippen LogP contribution is 2.56. The van der Waals surface area contributed by atoms with Crippen molar-refractivity contribution < 1.29 is 0 Å². The van der Waals surface area contributed by atoms with Crippen molar-refractivity contribution in [2.45, 2.75) is 32.1 Å². The van der Waals surface area contributed by atoms with Crippen LogP contribution in [-0.4, -0.2) is 0 Å². The van der Waals surface area contributed by atoms with Crippen LogP contribution in [0.1, 0.15) is 32.1 Å². The van der Waals surface area contributed by atoms with E-state index in [0.717, 1.165) is 23.7 Å². The number of rotatable bonds is 1. The smallest absolute Gasteiger partial charge is 0.129 e. The normalized spacial score (nSPS) is 37.2. The molecule has 4 rings (SSSR count). The van der Waals surface area contributed by atoms with Gasteiger partial charge >= 0.3 is 0 Å². The van der Waals surface area contributed by atoms with Crippen LogP contribution in [0, 0.1) is 46.3 Å². The summed E-state index contributed by atoms with van der Waals surface area (Å²) in [4.78, 5) is 0. The molecule has 86 valence electrons. The highest BCUT2D eigenvalue weighted by Gasteiger charge is 2.44. The molecule has 2 heteroatoms. The van der Waals surface area contributed by atoms with Crippen LogP contribution in [0.15, 0.2) is 23.3 Å². The molecule has 0 aromatic rings. The summed E-state index contributed by atoms with van der Waals surface area (Å²) >= 11 is 0. The zero-order chi connectivity index (χ0) is 11.8. The minimum Gasteiger partial charge on any atom is -0.192 e. The third-order valence-electron chi connectivity index (χ3n) is 4.76. The van der Waals surface area contributed by atoms with Gasteiger partial charge in [0.25, 0.3) is 0 Å². The Morgan fingerprint density at radius 3 is 1.94 bits per heavy atom. The average Bonchev–Trinajstić information content (AvgIpc) is 2.32. The standard InChI is InChI=1S/C15H16N2/c16-8-10(9-17)1-2-15-13-4-11-3-12(6-13)7-14(15)5-11/h1-2,11-14H,3-7H2. The van der Waals surface area contributed by atoms with Crippen molar-refractivity contribution in [1.82, 2.24) is 0 Å². The maximum Gasteiger partial charge on any atom is 0.129 e. The molecule has 17 heavy (non-hydrogen) atoms. The SMILES string of the molecule is N#CC(C#N)=CC=C1C2CC3CC(C2)CC1C3. The molecule has 0 unspecified atom stereocenters. The van der Waals surface area contributed by atoms with Gasteiger partial charge in [-0.25, -0.2) is 0 Å². The molecule has 0 heterocycles. The van der Waals surface area contributed by atoms with Crippen molar-refractivity contribution in [3.05, 3.63) is 23.3 Å². The molecule has 0 amide bonds. The summed E-state index contributed by atoms with van der Waals surface area (Å²) in [5.74, 6) is 3.43. The van der Waals surface area contributed by atoms with E-state index in [1.54, 1.807) is 6.08 Å². The van der Waals surface area contributed by atoms with Crippen molar-refractivity contribution in [3.63, 3.8) is 0 Å². The summed E-state index contributed by atoms with van der Waals surface area (Å²) in [7, 11) is 0. The molecule has 0 spiro atoms. The van der Waals surface area contributed by atoms with Gasteiger partial charge in [0.1, 0.15) is 17.7 Å². The number of allylic oxidation sites excluding steroid dienone is 4. The largest absolute Gasteiger partial charge is 0.192 e. The van der Waals surface area contributed by atoms with Crippen molar-refractivity contribution in [2.24, 2.45) is 23.7 Å². The Balaban J connectivity index is 1.86. The lowest BCUT2D eigenvalue weighted by Gasteiger charge is -2.51. The molecule has 4 bridgehead atoms. The zero-order valence-electron chi connectivity index (χ0n) is 9.89. The van der Waals surface area contributed by atoms with Gasteiger partial charge in [-0.3, -0.25) is 0 Å². The number of hydrogen-bond donors (Lipinski definition) is 0. The molecular weight excluding hydrogens is 208 g/mol. The number of nitrogens with zero attached hydrogens (tertiary/aromatic N) is 2. The van der Waals surface area contributed by atoms with Crippen molar-refractivity contribution >= 4 is 0 Å². The van der Waals surface area contributed by atoms with Crippen LogP contribution in [0.3, 0.4) is 0 Å². The van der Waals surface area contributed by atoms with E-state index < -0.39 is 0 Å². The lowest BCUT2D eigenvalue weighted by molar-refractivity contribution is 0.0697. The quantitative estimate of drug-likeness (QED) is 0.641. The fourth-order valence-corrected chi connectivity index (χ4v) is 4.28. The molecule has 2 nitrogen and oxygen atoms in total. The van der Waals surface area contributed by atoms with E-state index in [0.29, 0.717) is 0 Å². The Kier molecular flexibility index (Phi) is 2.52. The molecule has 4 aliphatic rings. The third-order valence-corrected chi connectivity index (χ3v) is 4.76. The Hall–Kier alpha value is -1.54. The second-order valence-electron chi connectivity index (χ2n) is 5.78. The maximum atomic E-state index is 8.74. The van der Waals surface area contributed by atoms with Gasteiger partial charge in [0.15, 0.2) is 0 Å². The fraction of sp³-hybridized carbons (Fsp3) is 0.600. The minimum atomic E-state index is 0.228. The number of nitriles is 2. The molecular formula is C15H16N2. The Morgan fingerprint density at radius 2 is 1.47 bits per heavy atom. The van der Waals surface area contributed by atoms with Gasteiger partial charge in [-0.2, -0.15) is 10.5 Å². The molecule has 0 N–H and O–H groups in total. The maximum absolute atomic E-state index is 8.74. The summed E-state index contributed by atoms with van der Waals surface area (Å²) in [6.45, 7) is 0. The predicted octanol–water partition coefficient (Wildman–Crippen LogP) is 3.34. The molecule has 4 aliphatic carbocycles. The van der Waals surface area contributed by atoms with E-state index in [4.69, 9.17) is 10.5 Å². The predicted molar refractivity (Wildman–Crippen MR) is 64.4 cm³/mol. The second kappa shape index (κ2) is 4.04. The molecule has 0 radical (unpaired) electrons. The lowest BCUT2D eigenvalue weighted by atomic mass is 9.54. The molecule has 0 atom stereocenters. The molecule has 0 aromatic carbocycles. The van der Waals surface area contributed by atoms with Crippen LogP contribution in [0.2, 0.25) is 0 Å². The van der Waals surface area contributed by atoms with Crippen molar-refractivity contribution in [2.75, 3.05) is 0 Å². The van der Waals surface area contributed by atoms with Gasteiger partial charge in [-0.05, 0) is 61.9 Å². The summed E-state index contributed by atoms with van der Waals surface area (Å²) in [5, 5.41) is 17.5. The van der Waals surface area contributed by atoms with E-state index >= 15 is 0 Å². The monoisotopic (exact) mass is 224 g/mol. The van der Waals surface area contributed by atoms with Crippen LogP contribution in [-0.2, 0) is 0 Å². The summed E-state index contributed by atoms with van der Waals surface area (Å²) in [6.07, 6.45) is 10.6. The third kappa shape index (κ3) is 1.79. The van der Waals surface area contributed by atoms with Gasteiger partial charge in [0, 0.05) is 0 Å². The van der Waals surface area contributed by atoms with Gasteiger partial charge < -0.3 is 0 Å². The van der Waals surface area contributed by atoms with E-state index in [-0.39, 0.29) is 5.57 Å². The van der Waals surface area contributed by atoms with Gasteiger partial charge in [0.2, 0.25) is 0 Å². The molecule has 4 saturated carbocycles. The van der Waals surface area contributed by atoms with E-state index in [9.17, 15) is 0 Å². The van der Waals surface area contributed by atoms with Crippen LogP contribution >= 0.6 is 0 Å².